The summed E-state index contributed by atoms with van der Waals surface area (Å²) in [5.41, 5.74) is 6.30. The Bertz CT molecular complexity index is 655. The zero-order chi connectivity index (χ0) is 19.7. The van der Waals surface area contributed by atoms with E-state index in [9.17, 15) is 19.2 Å². The van der Waals surface area contributed by atoms with Gasteiger partial charge < -0.3 is 26.6 Å². The number of nitrogens with one attached hydrogen (secondary N) is 2. The minimum absolute atomic E-state index is 0.0578. The molecule has 1 aromatic carbocycles. The molecule has 6 N–H and O–H groups in total. The SMILES string of the molecule is N[C@@H](CS)C(=O)N[C@@H](Cc1ccccc1)C(=O)N[C@@H](CC(=O)O)C(=O)O. The Morgan fingerprint density at radius 1 is 1.00 bits per heavy atom. The van der Waals surface area contributed by atoms with Crippen molar-refractivity contribution >= 4 is 36.4 Å². The third kappa shape index (κ3) is 7.11. The Morgan fingerprint density at radius 3 is 2.08 bits per heavy atom. The number of carbonyl (C=O) groups excluding carboxylic acids is 2. The first-order chi connectivity index (χ1) is 12.2. The summed E-state index contributed by atoms with van der Waals surface area (Å²) in [5.74, 6) is -4.25. The van der Waals surface area contributed by atoms with Gasteiger partial charge in [-0.2, -0.15) is 12.6 Å². The highest BCUT2D eigenvalue weighted by atomic mass is 32.1. The van der Waals surface area contributed by atoms with Crippen LogP contribution in [0.15, 0.2) is 30.3 Å². The molecular formula is C16H21N3O6S. The third-order valence-electron chi connectivity index (χ3n) is 3.44. The van der Waals surface area contributed by atoms with Crippen LogP contribution in [0.5, 0.6) is 0 Å². The van der Waals surface area contributed by atoms with Crippen LogP contribution in [0.25, 0.3) is 0 Å². The molecular weight excluding hydrogens is 362 g/mol. The number of aliphatic carboxylic acids is 2. The van der Waals surface area contributed by atoms with Crippen molar-refractivity contribution in [3.05, 3.63) is 35.9 Å². The summed E-state index contributed by atoms with van der Waals surface area (Å²) in [5, 5.41) is 22.4. The fourth-order valence-corrected chi connectivity index (χ4v) is 2.23. The second-order valence-electron chi connectivity index (χ2n) is 5.54. The molecule has 0 aliphatic carbocycles. The van der Waals surface area contributed by atoms with E-state index in [1.807, 2.05) is 0 Å². The molecule has 142 valence electrons. The van der Waals surface area contributed by atoms with E-state index in [4.69, 9.17) is 15.9 Å². The van der Waals surface area contributed by atoms with Gasteiger partial charge in [0.25, 0.3) is 0 Å². The Hall–Kier alpha value is -2.59. The molecule has 0 radical (unpaired) electrons. The van der Waals surface area contributed by atoms with Gasteiger partial charge in [0.05, 0.1) is 12.5 Å². The molecule has 26 heavy (non-hydrogen) atoms. The molecule has 9 nitrogen and oxygen atoms in total. The molecule has 3 atom stereocenters. The zero-order valence-corrected chi connectivity index (χ0v) is 14.7. The van der Waals surface area contributed by atoms with E-state index in [2.05, 4.69) is 23.3 Å². The smallest absolute Gasteiger partial charge is 0.326 e. The normalized spacial score (nSPS) is 13.9. The molecule has 0 aliphatic rings. The van der Waals surface area contributed by atoms with E-state index in [0.29, 0.717) is 0 Å². The average Bonchev–Trinajstić information content (AvgIpc) is 2.60. The summed E-state index contributed by atoms with van der Waals surface area (Å²) in [7, 11) is 0. The summed E-state index contributed by atoms with van der Waals surface area (Å²) in [6.07, 6.45) is -0.708. The number of rotatable bonds is 10. The second kappa shape index (κ2) is 10.4. The number of thiol groups is 1. The third-order valence-corrected chi connectivity index (χ3v) is 3.84. The molecule has 0 unspecified atom stereocenters. The maximum absolute atomic E-state index is 12.4. The number of carboxylic acids is 2. The molecule has 0 aliphatic heterocycles. The molecule has 0 aromatic heterocycles. The van der Waals surface area contributed by atoms with Crippen LogP contribution in [-0.4, -0.2) is 57.8 Å². The van der Waals surface area contributed by atoms with Gasteiger partial charge in [0.1, 0.15) is 12.1 Å². The summed E-state index contributed by atoms with van der Waals surface area (Å²) in [6.45, 7) is 0. The first kappa shape index (κ1) is 21.5. The summed E-state index contributed by atoms with van der Waals surface area (Å²) in [4.78, 5) is 46.3. The molecule has 1 rings (SSSR count). The highest BCUT2D eigenvalue weighted by molar-refractivity contribution is 7.80. The Morgan fingerprint density at radius 2 is 1.58 bits per heavy atom. The van der Waals surface area contributed by atoms with Crippen molar-refractivity contribution in [2.45, 2.75) is 31.0 Å². The lowest BCUT2D eigenvalue weighted by Gasteiger charge is -2.22. The predicted octanol–water partition coefficient (Wildman–Crippen LogP) is -0.985. The molecule has 2 amide bonds. The van der Waals surface area contributed by atoms with Crippen molar-refractivity contribution in [3.8, 4) is 0 Å². The Labute approximate surface area is 155 Å². The summed E-state index contributed by atoms with van der Waals surface area (Å²) >= 11 is 3.92. The van der Waals surface area contributed by atoms with Gasteiger partial charge in [-0.3, -0.25) is 14.4 Å². The minimum atomic E-state index is -1.62. The second-order valence-corrected chi connectivity index (χ2v) is 5.90. The van der Waals surface area contributed by atoms with E-state index in [0.717, 1.165) is 5.56 Å². The van der Waals surface area contributed by atoms with Crippen molar-refractivity contribution in [3.63, 3.8) is 0 Å². The molecule has 0 fully saturated rings. The molecule has 0 heterocycles. The van der Waals surface area contributed by atoms with Crippen LogP contribution in [0, 0.1) is 0 Å². The van der Waals surface area contributed by atoms with E-state index >= 15 is 0 Å². The van der Waals surface area contributed by atoms with Gasteiger partial charge in [0, 0.05) is 12.2 Å². The van der Waals surface area contributed by atoms with Gasteiger partial charge in [-0.15, -0.1) is 0 Å². The van der Waals surface area contributed by atoms with Crippen molar-refractivity contribution in [2.75, 3.05) is 5.75 Å². The van der Waals surface area contributed by atoms with Gasteiger partial charge in [0.15, 0.2) is 0 Å². The average molecular weight is 383 g/mol. The maximum atomic E-state index is 12.4. The maximum Gasteiger partial charge on any atom is 0.326 e. The number of hydrogen-bond acceptors (Lipinski definition) is 6. The van der Waals surface area contributed by atoms with E-state index in [1.165, 1.54) is 0 Å². The molecule has 0 saturated heterocycles. The van der Waals surface area contributed by atoms with Crippen LogP contribution < -0.4 is 16.4 Å². The van der Waals surface area contributed by atoms with Gasteiger partial charge in [0.2, 0.25) is 11.8 Å². The monoisotopic (exact) mass is 383 g/mol. The Balaban J connectivity index is 2.94. The fourth-order valence-electron chi connectivity index (χ4n) is 2.07. The molecule has 0 bridgehead atoms. The first-order valence-electron chi connectivity index (χ1n) is 7.70. The largest absolute Gasteiger partial charge is 0.481 e. The van der Waals surface area contributed by atoms with Gasteiger partial charge in [-0.05, 0) is 5.56 Å². The summed E-state index contributed by atoms with van der Waals surface area (Å²) < 4.78 is 0. The number of amides is 2. The van der Waals surface area contributed by atoms with E-state index in [1.54, 1.807) is 30.3 Å². The van der Waals surface area contributed by atoms with Gasteiger partial charge in [-0.1, -0.05) is 30.3 Å². The number of hydrogen-bond donors (Lipinski definition) is 6. The molecule has 10 heteroatoms. The van der Waals surface area contributed by atoms with Crippen LogP contribution in [-0.2, 0) is 25.6 Å². The van der Waals surface area contributed by atoms with Crippen LogP contribution >= 0.6 is 12.6 Å². The first-order valence-corrected chi connectivity index (χ1v) is 8.33. The van der Waals surface area contributed by atoms with Crippen LogP contribution in [0.3, 0.4) is 0 Å². The number of carboxylic acid groups (broad SMARTS) is 2. The van der Waals surface area contributed by atoms with Gasteiger partial charge >= 0.3 is 11.9 Å². The number of nitrogens with two attached hydrogens (primary N) is 1. The quantitative estimate of drug-likeness (QED) is 0.283. The fraction of sp³-hybridized carbons (Fsp3) is 0.375. The minimum Gasteiger partial charge on any atom is -0.481 e. The van der Waals surface area contributed by atoms with Crippen LogP contribution in [0.1, 0.15) is 12.0 Å². The van der Waals surface area contributed by atoms with Gasteiger partial charge in [-0.25, -0.2) is 4.79 Å². The standard InChI is InChI=1S/C16H21N3O6S/c17-10(8-26)14(22)18-11(6-9-4-2-1-3-5-9)15(23)19-12(16(24)25)7-13(20)21/h1-5,10-12,26H,6-8,17H2,(H,18,22)(H,19,23)(H,20,21)(H,24,25)/t10-,11-,12-/m0/s1. The highest BCUT2D eigenvalue weighted by Gasteiger charge is 2.29. The van der Waals surface area contributed by atoms with Crippen molar-refractivity contribution < 1.29 is 29.4 Å². The number of carbonyl (C=O) groups is 4. The van der Waals surface area contributed by atoms with Crippen LogP contribution in [0.2, 0.25) is 0 Å². The zero-order valence-electron chi connectivity index (χ0n) is 13.8. The Kier molecular flexibility index (Phi) is 8.59. The van der Waals surface area contributed by atoms with E-state index < -0.39 is 48.3 Å². The van der Waals surface area contributed by atoms with Crippen LogP contribution in [0.4, 0.5) is 0 Å². The lowest BCUT2D eigenvalue weighted by molar-refractivity contribution is -0.147. The molecule has 0 saturated carbocycles. The molecule has 1 aromatic rings. The van der Waals surface area contributed by atoms with E-state index in [-0.39, 0.29) is 12.2 Å². The van der Waals surface area contributed by atoms with Crippen molar-refractivity contribution in [2.24, 2.45) is 5.73 Å². The number of benzene rings is 1. The lowest BCUT2D eigenvalue weighted by Crippen LogP contribution is -2.55. The lowest BCUT2D eigenvalue weighted by atomic mass is 10.0. The predicted molar refractivity (Wildman–Crippen MR) is 95.7 cm³/mol. The topological polar surface area (TPSA) is 159 Å². The van der Waals surface area contributed by atoms with Crippen molar-refractivity contribution in [1.29, 1.82) is 0 Å². The highest BCUT2D eigenvalue weighted by Crippen LogP contribution is 2.05. The van der Waals surface area contributed by atoms with Crippen molar-refractivity contribution in [1.82, 2.24) is 10.6 Å². The molecule has 0 spiro atoms. The summed E-state index contributed by atoms with van der Waals surface area (Å²) in [6, 6.07) is 5.06.